The Hall–Kier alpha value is -1.89. The number of hydrogen-bond acceptors (Lipinski definition) is 5. The molecule has 2 N–H and O–H groups in total. The lowest BCUT2D eigenvalue weighted by Gasteiger charge is -2.39. The third-order valence-corrected chi connectivity index (χ3v) is 3.57. The van der Waals surface area contributed by atoms with E-state index < -0.39 is 0 Å². The highest BCUT2D eigenvalue weighted by Gasteiger charge is 2.31. The van der Waals surface area contributed by atoms with Gasteiger partial charge in [0.25, 0.3) is 0 Å². The number of nitrogens with zero attached hydrogens (tertiary/aromatic N) is 3. The molecule has 0 radical (unpaired) electrons. The van der Waals surface area contributed by atoms with Crippen molar-refractivity contribution in [2.75, 3.05) is 31.6 Å². The van der Waals surface area contributed by atoms with Gasteiger partial charge in [-0.05, 0) is 18.9 Å². The Morgan fingerprint density at radius 3 is 2.90 bits per heavy atom. The predicted molar refractivity (Wildman–Crippen MR) is 73.4 cm³/mol. The average Bonchev–Trinajstić information content (AvgIpc) is 2.94. The Bertz CT molecular complexity index is 443. The number of nitrogens with one attached hydrogen (secondary N) is 2. The van der Waals surface area contributed by atoms with Gasteiger partial charge in [0.2, 0.25) is 5.95 Å². The van der Waals surface area contributed by atoms with Crippen LogP contribution in [0.5, 0.6) is 0 Å². The fraction of sp³-hybridized carbons (Fsp3) is 0.615. The number of aromatic nitrogens is 2. The summed E-state index contributed by atoms with van der Waals surface area (Å²) in [5.74, 6) is 0.608. The first-order valence-electron chi connectivity index (χ1n) is 6.99. The lowest BCUT2D eigenvalue weighted by molar-refractivity contribution is 0.105. The zero-order valence-corrected chi connectivity index (χ0v) is 11.3. The lowest BCUT2D eigenvalue weighted by atomic mass is 10.1. The number of hydrogen-bond donors (Lipinski definition) is 2. The van der Waals surface area contributed by atoms with Crippen LogP contribution in [0.1, 0.15) is 12.8 Å². The Kier molecular flexibility index (Phi) is 3.96. The minimum Gasteiger partial charge on any atom is -0.376 e. The molecule has 1 aromatic heterocycles. The van der Waals surface area contributed by atoms with E-state index in [2.05, 4.69) is 20.6 Å². The van der Waals surface area contributed by atoms with Gasteiger partial charge < -0.3 is 20.3 Å². The second kappa shape index (κ2) is 6.04. The first kappa shape index (κ1) is 13.1. The van der Waals surface area contributed by atoms with Crippen LogP contribution in [0.2, 0.25) is 0 Å². The van der Waals surface area contributed by atoms with Gasteiger partial charge in [0.05, 0.1) is 12.1 Å². The van der Waals surface area contributed by atoms with Crippen molar-refractivity contribution in [2.24, 2.45) is 0 Å². The van der Waals surface area contributed by atoms with Gasteiger partial charge in [-0.25, -0.2) is 14.8 Å². The van der Waals surface area contributed by atoms with Crippen molar-refractivity contribution in [1.29, 1.82) is 0 Å². The van der Waals surface area contributed by atoms with Crippen molar-refractivity contribution >= 4 is 12.0 Å². The van der Waals surface area contributed by atoms with E-state index in [1.807, 2.05) is 0 Å². The molecular formula is C13H19N5O2. The first-order chi connectivity index (χ1) is 9.81. The summed E-state index contributed by atoms with van der Waals surface area (Å²) in [7, 11) is 0. The van der Waals surface area contributed by atoms with Crippen LogP contribution in [0.3, 0.4) is 0 Å². The number of likely N-dealkylation sites (tertiary alicyclic amines) is 1. The van der Waals surface area contributed by atoms with Crippen molar-refractivity contribution in [3.63, 3.8) is 0 Å². The van der Waals surface area contributed by atoms with Gasteiger partial charge in [-0.15, -0.1) is 0 Å². The molecule has 7 nitrogen and oxygen atoms in total. The number of carbonyl (C=O) groups is 1. The first-order valence-corrected chi connectivity index (χ1v) is 6.99. The maximum absolute atomic E-state index is 11.9. The second-order valence-electron chi connectivity index (χ2n) is 5.14. The van der Waals surface area contributed by atoms with Gasteiger partial charge in [0.15, 0.2) is 0 Å². The zero-order chi connectivity index (χ0) is 13.8. The summed E-state index contributed by atoms with van der Waals surface area (Å²) >= 11 is 0. The molecule has 2 aliphatic heterocycles. The maximum atomic E-state index is 11.9. The normalized spacial score (nSPS) is 22.4. The van der Waals surface area contributed by atoms with Crippen LogP contribution in [0.25, 0.3) is 0 Å². The number of amides is 2. The molecule has 0 saturated carbocycles. The van der Waals surface area contributed by atoms with Crippen LogP contribution in [0, 0.1) is 0 Å². The van der Waals surface area contributed by atoms with Crippen LogP contribution < -0.4 is 10.6 Å². The van der Waals surface area contributed by atoms with E-state index in [9.17, 15) is 4.79 Å². The summed E-state index contributed by atoms with van der Waals surface area (Å²) in [5, 5.41) is 6.11. The summed E-state index contributed by atoms with van der Waals surface area (Å²) in [5.41, 5.74) is 0. The summed E-state index contributed by atoms with van der Waals surface area (Å²) in [4.78, 5) is 21.9. The van der Waals surface area contributed by atoms with Gasteiger partial charge in [-0.3, -0.25) is 0 Å². The van der Waals surface area contributed by atoms with Crippen LogP contribution in [0.4, 0.5) is 10.7 Å². The lowest BCUT2D eigenvalue weighted by Crippen LogP contribution is -2.60. The van der Waals surface area contributed by atoms with Crippen molar-refractivity contribution in [1.82, 2.24) is 20.2 Å². The van der Waals surface area contributed by atoms with Crippen molar-refractivity contribution in [3.8, 4) is 0 Å². The Morgan fingerprint density at radius 2 is 2.20 bits per heavy atom. The molecule has 0 bridgehead atoms. The zero-order valence-electron chi connectivity index (χ0n) is 11.3. The minimum absolute atomic E-state index is 0.0208. The van der Waals surface area contributed by atoms with Crippen LogP contribution in [-0.2, 0) is 4.74 Å². The van der Waals surface area contributed by atoms with Crippen molar-refractivity contribution < 1.29 is 9.53 Å². The SMILES string of the molecule is O=C(NCC1CCCO1)N1CC(Nc2ncccn2)C1. The van der Waals surface area contributed by atoms with E-state index in [0.29, 0.717) is 25.6 Å². The topological polar surface area (TPSA) is 79.4 Å². The summed E-state index contributed by atoms with van der Waals surface area (Å²) in [6, 6.07) is 1.98. The highest BCUT2D eigenvalue weighted by Crippen LogP contribution is 2.13. The molecule has 2 saturated heterocycles. The molecule has 0 aliphatic carbocycles. The molecule has 0 spiro atoms. The van der Waals surface area contributed by atoms with Crippen LogP contribution in [0.15, 0.2) is 18.5 Å². The predicted octanol–water partition coefficient (Wildman–Crippen LogP) is 0.461. The number of urea groups is 1. The molecule has 3 heterocycles. The van der Waals surface area contributed by atoms with Crippen molar-refractivity contribution in [3.05, 3.63) is 18.5 Å². The van der Waals surface area contributed by atoms with E-state index in [4.69, 9.17) is 4.74 Å². The number of rotatable bonds is 4. The van der Waals surface area contributed by atoms with E-state index >= 15 is 0 Å². The summed E-state index contributed by atoms with van der Waals surface area (Å²) in [6.45, 7) is 2.77. The maximum Gasteiger partial charge on any atom is 0.317 e. The number of carbonyl (C=O) groups excluding carboxylic acids is 1. The van der Waals surface area contributed by atoms with Gasteiger partial charge >= 0.3 is 6.03 Å². The smallest absolute Gasteiger partial charge is 0.317 e. The fourth-order valence-corrected chi connectivity index (χ4v) is 2.41. The molecule has 2 amide bonds. The van der Waals surface area contributed by atoms with Gasteiger partial charge in [0.1, 0.15) is 0 Å². The summed E-state index contributed by atoms with van der Waals surface area (Å²) in [6.07, 6.45) is 5.70. The molecule has 2 fully saturated rings. The Balaban J connectivity index is 1.35. The quantitative estimate of drug-likeness (QED) is 0.836. The van der Waals surface area contributed by atoms with E-state index in [-0.39, 0.29) is 18.2 Å². The number of ether oxygens (including phenoxy) is 1. The number of anilines is 1. The molecule has 1 unspecified atom stereocenters. The fourth-order valence-electron chi connectivity index (χ4n) is 2.41. The molecule has 7 heteroatoms. The van der Waals surface area contributed by atoms with Crippen LogP contribution >= 0.6 is 0 Å². The standard InChI is InChI=1S/C13H19N5O2/c19-13(16-7-11-3-1-6-20-11)18-8-10(9-18)17-12-14-4-2-5-15-12/h2,4-5,10-11H,1,3,6-9H2,(H,16,19)(H,14,15,17). The van der Waals surface area contributed by atoms with E-state index in [1.54, 1.807) is 23.4 Å². The van der Waals surface area contributed by atoms with Gasteiger partial charge in [0, 0.05) is 38.6 Å². The second-order valence-corrected chi connectivity index (χ2v) is 5.14. The van der Waals surface area contributed by atoms with E-state index in [1.165, 1.54) is 0 Å². The third-order valence-electron chi connectivity index (χ3n) is 3.57. The summed E-state index contributed by atoms with van der Waals surface area (Å²) < 4.78 is 5.47. The molecule has 108 valence electrons. The van der Waals surface area contributed by atoms with E-state index in [0.717, 1.165) is 19.4 Å². The molecule has 1 atom stereocenters. The molecule has 0 aromatic carbocycles. The molecule has 3 rings (SSSR count). The van der Waals surface area contributed by atoms with Gasteiger partial charge in [-0.2, -0.15) is 0 Å². The molecule has 20 heavy (non-hydrogen) atoms. The molecule has 1 aromatic rings. The average molecular weight is 277 g/mol. The van der Waals surface area contributed by atoms with Gasteiger partial charge in [-0.1, -0.05) is 0 Å². The highest BCUT2D eigenvalue weighted by molar-refractivity contribution is 5.75. The monoisotopic (exact) mass is 277 g/mol. The molecular weight excluding hydrogens is 258 g/mol. The third kappa shape index (κ3) is 3.16. The Morgan fingerprint density at radius 1 is 1.40 bits per heavy atom. The largest absolute Gasteiger partial charge is 0.376 e. The molecule has 2 aliphatic rings. The van der Waals surface area contributed by atoms with Crippen LogP contribution in [-0.4, -0.2) is 59.3 Å². The minimum atomic E-state index is -0.0208. The van der Waals surface area contributed by atoms with Crippen molar-refractivity contribution in [2.45, 2.75) is 25.0 Å². The Labute approximate surface area is 117 Å². The highest BCUT2D eigenvalue weighted by atomic mass is 16.5.